The molecule has 3 heteroatoms. The van der Waals surface area contributed by atoms with Gasteiger partial charge in [0.15, 0.2) is 0 Å². The average Bonchev–Trinajstić information content (AvgIpc) is 2.55. The molecule has 0 aliphatic rings. The van der Waals surface area contributed by atoms with Crippen LogP contribution < -0.4 is 4.74 Å². The van der Waals surface area contributed by atoms with Crippen LogP contribution in [0.3, 0.4) is 0 Å². The largest absolute Gasteiger partial charge is 0.507 e. The molecule has 3 nitrogen and oxygen atoms in total. The van der Waals surface area contributed by atoms with E-state index in [1.165, 1.54) is 0 Å². The van der Waals surface area contributed by atoms with Gasteiger partial charge in [0.25, 0.3) is 0 Å². The monoisotopic (exact) mass is 394 g/mol. The SMILES string of the molecule is C=C(C)C(=O)Oc1cc(Cc2cc(C)cc(C(C)(C)C)c2O)cc(C(C)(C)C)c1. The summed E-state index contributed by atoms with van der Waals surface area (Å²) >= 11 is 0. The van der Waals surface area contributed by atoms with E-state index in [1.807, 2.05) is 31.2 Å². The van der Waals surface area contributed by atoms with Crippen molar-refractivity contribution in [2.24, 2.45) is 0 Å². The minimum absolute atomic E-state index is 0.106. The van der Waals surface area contributed by atoms with Gasteiger partial charge in [-0.2, -0.15) is 0 Å². The molecule has 0 heterocycles. The molecule has 1 N–H and O–H groups in total. The number of rotatable bonds is 4. The Bertz CT molecular complexity index is 938. The highest BCUT2D eigenvalue weighted by atomic mass is 16.5. The van der Waals surface area contributed by atoms with Gasteiger partial charge < -0.3 is 9.84 Å². The molecule has 0 aliphatic heterocycles. The Hall–Kier alpha value is -2.55. The molecule has 0 radical (unpaired) electrons. The fourth-order valence-corrected chi connectivity index (χ4v) is 3.23. The van der Waals surface area contributed by atoms with Crippen LogP contribution in [-0.4, -0.2) is 11.1 Å². The van der Waals surface area contributed by atoms with Crippen molar-refractivity contribution in [2.75, 3.05) is 0 Å². The molecule has 0 saturated carbocycles. The molecule has 156 valence electrons. The second kappa shape index (κ2) is 8.06. The third-order valence-electron chi connectivity index (χ3n) is 4.93. The van der Waals surface area contributed by atoms with E-state index in [2.05, 4.69) is 54.2 Å². The third-order valence-corrected chi connectivity index (χ3v) is 4.93. The normalized spacial score (nSPS) is 12.0. The van der Waals surface area contributed by atoms with Gasteiger partial charge in [0.05, 0.1) is 0 Å². The van der Waals surface area contributed by atoms with Crippen LogP contribution in [-0.2, 0) is 22.0 Å². The summed E-state index contributed by atoms with van der Waals surface area (Å²) in [4.78, 5) is 12.0. The first-order valence-corrected chi connectivity index (χ1v) is 10.0. The second-order valence-electron chi connectivity index (χ2n) is 10.0. The van der Waals surface area contributed by atoms with E-state index < -0.39 is 5.97 Å². The lowest BCUT2D eigenvalue weighted by atomic mass is 9.82. The van der Waals surface area contributed by atoms with Crippen molar-refractivity contribution < 1.29 is 14.6 Å². The number of ether oxygens (including phenoxy) is 1. The van der Waals surface area contributed by atoms with E-state index in [0.29, 0.717) is 23.5 Å². The predicted molar refractivity (Wildman–Crippen MR) is 120 cm³/mol. The van der Waals surface area contributed by atoms with Gasteiger partial charge in [0.1, 0.15) is 11.5 Å². The Morgan fingerprint density at radius 1 is 1.00 bits per heavy atom. The van der Waals surface area contributed by atoms with Crippen LogP contribution in [0.1, 0.15) is 76.3 Å². The first-order chi connectivity index (χ1) is 13.2. The summed E-state index contributed by atoms with van der Waals surface area (Å²) in [6.07, 6.45) is 0.554. The highest BCUT2D eigenvalue weighted by Gasteiger charge is 2.22. The number of phenolic OH excluding ortho intramolecular Hbond substituents is 1. The fourth-order valence-electron chi connectivity index (χ4n) is 3.23. The van der Waals surface area contributed by atoms with Gasteiger partial charge in [-0.25, -0.2) is 4.79 Å². The number of esters is 1. The Labute approximate surface area is 175 Å². The molecule has 0 bridgehead atoms. The number of phenols is 1. The maximum atomic E-state index is 12.0. The Morgan fingerprint density at radius 2 is 1.62 bits per heavy atom. The summed E-state index contributed by atoms with van der Waals surface area (Å²) in [5.41, 5.74) is 5.09. The topological polar surface area (TPSA) is 46.5 Å². The van der Waals surface area contributed by atoms with Gasteiger partial charge in [0, 0.05) is 12.0 Å². The van der Waals surface area contributed by atoms with E-state index in [0.717, 1.165) is 27.8 Å². The molecule has 0 aromatic heterocycles. The summed E-state index contributed by atoms with van der Waals surface area (Å²) in [5, 5.41) is 10.9. The fraction of sp³-hybridized carbons (Fsp3) is 0.423. The molecule has 29 heavy (non-hydrogen) atoms. The molecule has 2 rings (SSSR count). The quantitative estimate of drug-likeness (QED) is 0.372. The van der Waals surface area contributed by atoms with Crippen molar-refractivity contribution in [1.29, 1.82) is 0 Å². The number of aromatic hydroxyl groups is 1. The van der Waals surface area contributed by atoms with Crippen LogP contribution in [0.25, 0.3) is 0 Å². The van der Waals surface area contributed by atoms with Crippen molar-refractivity contribution in [1.82, 2.24) is 0 Å². The van der Waals surface area contributed by atoms with Gasteiger partial charge in [-0.15, -0.1) is 0 Å². The lowest BCUT2D eigenvalue weighted by Gasteiger charge is -2.24. The van der Waals surface area contributed by atoms with Gasteiger partial charge >= 0.3 is 5.97 Å². The minimum atomic E-state index is -0.435. The third kappa shape index (κ3) is 5.72. The standard InChI is InChI=1S/C26H34O3/c1-16(2)24(28)29-21-14-18(13-20(15-21)25(4,5)6)12-19-10-17(3)11-22(23(19)27)26(7,8)9/h10-11,13-15,27H,1,12H2,2-9H3. The van der Waals surface area contributed by atoms with Crippen molar-refractivity contribution in [3.63, 3.8) is 0 Å². The highest BCUT2D eigenvalue weighted by Crippen LogP contribution is 2.36. The van der Waals surface area contributed by atoms with Crippen molar-refractivity contribution >= 4 is 5.97 Å². The first kappa shape index (κ1) is 22.7. The summed E-state index contributed by atoms with van der Waals surface area (Å²) in [6.45, 7) is 20.0. The molecular formula is C26H34O3. The van der Waals surface area contributed by atoms with E-state index >= 15 is 0 Å². The number of carbonyl (C=O) groups is 1. The minimum Gasteiger partial charge on any atom is -0.507 e. The molecule has 0 unspecified atom stereocenters. The lowest BCUT2D eigenvalue weighted by Crippen LogP contribution is -2.14. The van der Waals surface area contributed by atoms with Crippen molar-refractivity contribution in [2.45, 2.75) is 72.6 Å². The molecule has 2 aromatic carbocycles. The zero-order chi connectivity index (χ0) is 22.1. The molecule has 0 atom stereocenters. The Kier molecular flexibility index (Phi) is 6.32. The van der Waals surface area contributed by atoms with Crippen LogP contribution in [0.15, 0.2) is 42.5 Å². The van der Waals surface area contributed by atoms with Crippen LogP contribution in [0.2, 0.25) is 0 Å². The molecule has 0 spiro atoms. The average molecular weight is 395 g/mol. The number of benzene rings is 2. The lowest BCUT2D eigenvalue weighted by molar-refractivity contribution is -0.130. The van der Waals surface area contributed by atoms with Gasteiger partial charge in [-0.3, -0.25) is 0 Å². The van der Waals surface area contributed by atoms with Crippen molar-refractivity contribution in [3.05, 3.63) is 70.3 Å². The molecule has 0 amide bonds. The summed E-state index contributed by atoms with van der Waals surface area (Å²) in [7, 11) is 0. The Morgan fingerprint density at radius 3 is 2.14 bits per heavy atom. The molecule has 0 saturated heterocycles. The first-order valence-electron chi connectivity index (χ1n) is 10.0. The summed E-state index contributed by atoms with van der Waals surface area (Å²) in [6, 6.07) is 9.96. The number of carbonyl (C=O) groups excluding carboxylic acids is 1. The zero-order valence-electron chi connectivity index (χ0n) is 19.1. The van der Waals surface area contributed by atoms with E-state index in [9.17, 15) is 9.90 Å². The van der Waals surface area contributed by atoms with E-state index in [-0.39, 0.29) is 10.8 Å². The summed E-state index contributed by atoms with van der Waals surface area (Å²) < 4.78 is 5.52. The maximum Gasteiger partial charge on any atom is 0.338 e. The van der Waals surface area contributed by atoms with Gasteiger partial charge in [-0.05, 0) is 59.1 Å². The van der Waals surface area contributed by atoms with Crippen LogP contribution in [0.4, 0.5) is 0 Å². The van der Waals surface area contributed by atoms with Gasteiger partial charge in [-0.1, -0.05) is 71.9 Å². The number of aryl methyl sites for hydroxylation is 1. The molecule has 2 aromatic rings. The van der Waals surface area contributed by atoms with E-state index in [4.69, 9.17) is 4.74 Å². The number of hydrogen-bond donors (Lipinski definition) is 1. The van der Waals surface area contributed by atoms with Crippen LogP contribution in [0, 0.1) is 6.92 Å². The highest BCUT2D eigenvalue weighted by molar-refractivity contribution is 5.88. The van der Waals surface area contributed by atoms with E-state index in [1.54, 1.807) is 6.92 Å². The summed E-state index contributed by atoms with van der Waals surface area (Å²) in [5.74, 6) is 0.406. The molecular weight excluding hydrogens is 360 g/mol. The molecule has 0 fully saturated rings. The van der Waals surface area contributed by atoms with Crippen LogP contribution in [0.5, 0.6) is 11.5 Å². The second-order valence-corrected chi connectivity index (χ2v) is 10.0. The van der Waals surface area contributed by atoms with Crippen LogP contribution >= 0.6 is 0 Å². The van der Waals surface area contributed by atoms with Crippen molar-refractivity contribution in [3.8, 4) is 11.5 Å². The molecule has 0 aliphatic carbocycles. The smallest absolute Gasteiger partial charge is 0.338 e. The Balaban J connectivity index is 2.54. The number of hydrogen-bond acceptors (Lipinski definition) is 3. The predicted octanol–water partition coefficient (Wildman–Crippen LogP) is 6.37. The maximum absolute atomic E-state index is 12.0. The van der Waals surface area contributed by atoms with Gasteiger partial charge in [0.2, 0.25) is 0 Å². The zero-order valence-corrected chi connectivity index (χ0v) is 19.1.